The lowest BCUT2D eigenvalue weighted by Crippen LogP contribution is -2.60. The number of nitrogens with zero attached hydrogens (tertiary/aromatic N) is 1. The fourth-order valence-electron chi connectivity index (χ4n) is 2.67. The smallest absolute Gasteiger partial charge is 0.327 e. The van der Waals surface area contributed by atoms with Crippen molar-refractivity contribution in [1.29, 1.82) is 0 Å². The van der Waals surface area contributed by atoms with Gasteiger partial charge >= 0.3 is 5.97 Å². The summed E-state index contributed by atoms with van der Waals surface area (Å²) in [6, 6.07) is 0. The number of hydrogen-bond donors (Lipinski definition) is 1. The molecule has 0 aliphatic carbocycles. The third-order valence-electron chi connectivity index (χ3n) is 3.24. The molecule has 0 aromatic heterocycles. The third-order valence-corrected chi connectivity index (χ3v) is 3.24. The number of hydrogen-bond acceptors (Lipinski definition) is 5. The molecule has 3 atom stereocenters. The molecule has 0 saturated carbocycles. The van der Waals surface area contributed by atoms with Gasteiger partial charge in [0, 0.05) is 19.6 Å². The largest absolute Gasteiger partial charge is 0.468 e. The van der Waals surface area contributed by atoms with Gasteiger partial charge in [0.25, 0.3) is 0 Å². The van der Waals surface area contributed by atoms with E-state index < -0.39 is 5.54 Å². The highest BCUT2D eigenvalue weighted by Gasteiger charge is 2.37. The van der Waals surface area contributed by atoms with Gasteiger partial charge < -0.3 is 14.8 Å². The molecule has 0 radical (unpaired) electrons. The highest BCUT2D eigenvalue weighted by atomic mass is 16.5. The first-order valence-corrected chi connectivity index (χ1v) is 6.62. The summed E-state index contributed by atoms with van der Waals surface area (Å²) in [6.07, 6.45) is 0.412. The number of carbonyl (C=O) groups excluding carboxylic acids is 1. The molecule has 1 saturated heterocycles. The van der Waals surface area contributed by atoms with Crippen molar-refractivity contribution >= 4 is 5.97 Å². The zero-order chi connectivity index (χ0) is 13.8. The van der Waals surface area contributed by atoms with Gasteiger partial charge in [-0.3, -0.25) is 9.69 Å². The molecule has 0 aromatic carbocycles. The SMILES string of the molecule is CCNC(C)(CN1CC(C)OC(C)C1)C(=O)OC. The molecule has 0 aromatic rings. The van der Waals surface area contributed by atoms with E-state index in [0.717, 1.165) is 19.6 Å². The Labute approximate surface area is 110 Å². The van der Waals surface area contributed by atoms with Crippen LogP contribution in [0.4, 0.5) is 0 Å². The average Bonchev–Trinajstić information content (AvgIpc) is 2.26. The number of nitrogens with one attached hydrogen (secondary N) is 1. The van der Waals surface area contributed by atoms with E-state index in [4.69, 9.17) is 9.47 Å². The highest BCUT2D eigenvalue weighted by Crippen LogP contribution is 2.15. The van der Waals surface area contributed by atoms with Crippen molar-refractivity contribution in [3.8, 4) is 0 Å². The molecule has 0 spiro atoms. The lowest BCUT2D eigenvalue weighted by molar-refractivity contribution is -0.150. The van der Waals surface area contributed by atoms with Crippen LogP contribution in [-0.4, -0.2) is 61.9 Å². The summed E-state index contributed by atoms with van der Waals surface area (Å²) >= 11 is 0. The molecule has 18 heavy (non-hydrogen) atoms. The molecule has 1 rings (SSSR count). The maximum Gasteiger partial charge on any atom is 0.327 e. The van der Waals surface area contributed by atoms with E-state index in [1.54, 1.807) is 0 Å². The summed E-state index contributed by atoms with van der Waals surface area (Å²) in [4.78, 5) is 14.2. The Hall–Kier alpha value is -0.650. The van der Waals surface area contributed by atoms with Crippen molar-refractivity contribution in [3.05, 3.63) is 0 Å². The topological polar surface area (TPSA) is 50.8 Å². The molecule has 3 unspecified atom stereocenters. The summed E-state index contributed by atoms with van der Waals surface area (Å²) in [6.45, 7) is 11.1. The summed E-state index contributed by atoms with van der Waals surface area (Å²) in [5.74, 6) is -0.212. The van der Waals surface area contributed by atoms with Crippen LogP contribution in [0.1, 0.15) is 27.7 Å². The minimum Gasteiger partial charge on any atom is -0.468 e. The molecule has 1 fully saturated rings. The number of ether oxygens (including phenoxy) is 2. The van der Waals surface area contributed by atoms with Gasteiger partial charge in [-0.25, -0.2) is 0 Å². The number of morpholine rings is 1. The van der Waals surface area contributed by atoms with Crippen LogP contribution >= 0.6 is 0 Å². The quantitative estimate of drug-likeness (QED) is 0.733. The van der Waals surface area contributed by atoms with Crippen molar-refractivity contribution in [2.45, 2.75) is 45.4 Å². The number of esters is 1. The zero-order valence-corrected chi connectivity index (χ0v) is 12.2. The molecule has 106 valence electrons. The van der Waals surface area contributed by atoms with E-state index in [9.17, 15) is 4.79 Å². The highest BCUT2D eigenvalue weighted by molar-refractivity contribution is 5.80. The second kappa shape index (κ2) is 6.50. The molecule has 0 bridgehead atoms. The molecule has 1 aliphatic heterocycles. The number of likely N-dealkylation sites (N-methyl/N-ethyl adjacent to an activating group) is 1. The minimum atomic E-state index is -0.653. The van der Waals surface area contributed by atoms with Gasteiger partial charge in [0.1, 0.15) is 5.54 Å². The van der Waals surface area contributed by atoms with Crippen LogP contribution in [0.5, 0.6) is 0 Å². The van der Waals surface area contributed by atoms with Crippen LogP contribution < -0.4 is 5.32 Å². The van der Waals surface area contributed by atoms with E-state index >= 15 is 0 Å². The lowest BCUT2D eigenvalue weighted by atomic mass is 10.0. The van der Waals surface area contributed by atoms with Gasteiger partial charge in [-0.1, -0.05) is 6.92 Å². The van der Waals surface area contributed by atoms with E-state index in [0.29, 0.717) is 6.54 Å². The van der Waals surface area contributed by atoms with Crippen molar-refractivity contribution in [2.75, 3.05) is 33.3 Å². The fraction of sp³-hybridized carbons (Fsp3) is 0.923. The first-order valence-electron chi connectivity index (χ1n) is 6.62. The van der Waals surface area contributed by atoms with Gasteiger partial charge in [-0.2, -0.15) is 0 Å². The van der Waals surface area contributed by atoms with Gasteiger partial charge in [-0.15, -0.1) is 0 Å². The van der Waals surface area contributed by atoms with E-state index in [1.165, 1.54) is 7.11 Å². The van der Waals surface area contributed by atoms with Crippen LogP contribution in [0.3, 0.4) is 0 Å². The van der Waals surface area contributed by atoms with Crippen molar-refractivity contribution in [1.82, 2.24) is 10.2 Å². The predicted octanol–water partition coefficient (Wildman–Crippen LogP) is 0.637. The second-order valence-corrected chi connectivity index (χ2v) is 5.31. The first-order chi connectivity index (χ1) is 8.41. The molecule has 1 heterocycles. The average molecular weight is 258 g/mol. The van der Waals surface area contributed by atoms with E-state index in [2.05, 4.69) is 24.1 Å². The van der Waals surface area contributed by atoms with E-state index in [-0.39, 0.29) is 18.2 Å². The molecule has 0 amide bonds. The molecule has 1 aliphatic rings. The third kappa shape index (κ3) is 3.93. The summed E-state index contributed by atoms with van der Waals surface area (Å²) in [5.41, 5.74) is -0.653. The van der Waals surface area contributed by atoms with Crippen LogP contribution in [0.2, 0.25) is 0 Å². The Balaban J connectivity index is 2.68. The van der Waals surface area contributed by atoms with Gasteiger partial charge in [0.15, 0.2) is 0 Å². The molecule has 1 N–H and O–H groups in total. The monoisotopic (exact) mass is 258 g/mol. The number of rotatable bonds is 5. The second-order valence-electron chi connectivity index (χ2n) is 5.31. The zero-order valence-electron chi connectivity index (χ0n) is 12.2. The van der Waals surface area contributed by atoms with E-state index in [1.807, 2.05) is 13.8 Å². The summed E-state index contributed by atoms with van der Waals surface area (Å²) in [5, 5.41) is 3.23. The van der Waals surface area contributed by atoms with Crippen molar-refractivity contribution < 1.29 is 14.3 Å². The minimum absolute atomic E-state index is 0.206. The number of methoxy groups -OCH3 is 1. The standard InChI is InChI=1S/C13H26N2O3/c1-6-14-13(4,12(16)17-5)9-15-7-10(2)18-11(3)8-15/h10-11,14H,6-9H2,1-5H3. The fourth-order valence-corrected chi connectivity index (χ4v) is 2.67. The Bertz CT molecular complexity index is 275. The van der Waals surface area contributed by atoms with Crippen molar-refractivity contribution in [2.24, 2.45) is 0 Å². The molecular weight excluding hydrogens is 232 g/mol. The van der Waals surface area contributed by atoms with Crippen LogP contribution in [0.25, 0.3) is 0 Å². The summed E-state index contributed by atoms with van der Waals surface area (Å²) in [7, 11) is 1.43. The van der Waals surface area contributed by atoms with Gasteiger partial charge in [-0.05, 0) is 27.3 Å². The molecule has 5 nitrogen and oxygen atoms in total. The van der Waals surface area contributed by atoms with Crippen LogP contribution in [-0.2, 0) is 14.3 Å². The van der Waals surface area contributed by atoms with Crippen LogP contribution in [0, 0.1) is 0 Å². The first kappa shape index (κ1) is 15.4. The van der Waals surface area contributed by atoms with Gasteiger partial charge in [0.05, 0.1) is 19.3 Å². The lowest BCUT2D eigenvalue weighted by Gasteiger charge is -2.40. The molecule has 5 heteroatoms. The number of carbonyl (C=O) groups is 1. The Kier molecular flexibility index (Phi) is 5.56. The van der Waals surface area contributed by atoms with Crippen molar-refractivity contribution in [3.63, 3.8) is 0 Å². The maximum atomic E-state index is 11.9. The Morgan fingerprint density at radius 1 is 1.44 bits per heavy atom. The Morgan fingerprint density at radius 3 is 2.44 bits per heavy atom. The maximum absolute atomic E-state index is 11.9. The predicted molar refractivity (Wildman–Crippen MR) is 70.5 cm³/mol. The normalized spacial score (nSPS) is 28.7. The Morgan fingerprint density at radius 2 is 2.00 bits per heavy atom. The van der Waals surface area contributed by atoms with Crippen LogP contribution in [0.15, 0.2) is 0 Å². The summed E-state index contributed by atoms with van der Waals surface area (Å²) < 4.78 is 10.6. The molecular formula is C13H26N2O3. The van der Waals surface area contributed by atoms with Gasteiger partial charge in [0.2, 0.25) is 0 Å².